The van der Waals surface area contributed by atoms with E-state index in [1.165, 1.54) is 23.3 Å². The van der Waals surface area contributed by atoms with E-state index < -0.39 is 11.7 Å². The molecule has 2 nitrogen and oxygen atoms in total. The molecule has 0 N–H and O–H groups in total. The number of hydrogen-bond acceptors (Lipinski definition) is 0. The van der Waals surface area contributed by atoms with Gasteiger partial charge in [-0.25, -0.2) is 0 Å². The van der Waals surface area contributed by atoms with Gasteiger partial charge in [0.05, 0.1) is 43.5 Å². The third-order valence-corrected chi connectivity index (χ3v) is 12.9. The summed E-state index contributed by atoms with van der Waals surface area (Å²) in [6.45, 7) is 13.4. The van der Waals surface area contributed by atoms with E-state index in [9.17, 15) is 13.2 Å². The molecule has 2 heterocycles. The van der Waals surface area contributed by atoms with Crippen LogP contribution in [0.15, 0.2) is 150 Å². The summed E-state index contributed by atoms with van der Waals surface area (Å²) in [6.07, 6.45) is -4.49. The zero-order valence-corrected chi connectivity index (χ0v) is 35.3. The summed E-state index contributed by atoms with van der Waals surface area (Å²) >= 11 is 4.19. The van der Waals surface area contributed by atoms with Crippen LogP contribution in [0.5, 0.6) is 0 Å². The van der Waals surface area contributed by atoms with E-state index in [4.69, 9.17) is 0 Å². The highest BCUT2D eigenvalue weighted by Crippen LogP contribution is 2.46. The van der Waals surface area contributed by atoms with Gasteiger partial charge in [0, 0.05) is 21.5 Å². The molecule has 0 fully saturated rings. The Morgan fingerprint density at radius 1 is 0.407 bits per heavy atom. The molecule has 0 aliphatic carbocycles. The van der Waals surface area contributed by atoms with Crippen molar-refractivity contribution >= 4 is 81.1 Å². The summed E-state index contributed by atoms with van der Waals surface area (Å²) in [4.78, 5) is 0. The normalized spacial score (nSPS) is 12.9. The molecular weight excluding hydrogens is 801 g/mol. The highest BCUT2D eigenvalue weighted by atomic mass is 79.9. The summed E-state index contributed by atoms with van der Waals surface area (Å²) in [5.41, 5.74) is 8.49. The van der Waals surface area contributed by atoms with Crippen LogP contribution in [-0.4, -0.2) is 9.13 Å². The van der Waals surface area contributed by atoms with Crippen molar-refractivity contribution in [3.05, 3.63) is 167 Å². The summed E-state index contributed by atoms with van der Waals surface area (Å²) in [5, 5.41) is 9.01. The van der Waals surface area contributed by atoms with Gasteiger partial charge in [0.2, 0.25) is 0 Å². The topological polar surface area (TPSA) is 9.86 Å². The molecule has 0 atom stereocenters. The maximum Gasteiger partial charge on any atom is 0.416 e. The van der Waals surface area contributed by atoms with Crippen LogP contribution in [0.3, 0.4) is 0 Å². The van der Waals surface area contributed by atoms with Gasteiger partial charge in [-0.2, -0.15) is 13.2 Å². The van der Waals surface area contributed by atoms with Crippen LogP contribution < -0.4 is 0 Å². The molecule has 8 aromatic carbocycles. The Morgan fingerprint density at radius 3 is 1.54 bits per heavy atom. The molecule has 0 amide bonds. The summed E-state index contributed by atoms with van der Waals surface area (Å²) in [6, 6.07) is 48.9. The Balaban J connectivity index is 1.37. The van der Waals surface area contributed by atoms with Gasteiger partial charge in [-0.05, 0) is 137 Å². The lowest BCUT2D eigenvalue weighted by atomic mass is 9.85. The average Bonchev–Trinajstić information content (AvgIpc) is 3.71. The molecule has 0 bridgehead atoms. The third kappa shape index (κ3) is 6.06. The monoisotopic (exact) mass is 842 g/mol. The first-order valence-electron chi connectivity index (χ1n) is 20.0. The summed E-state index contributed by atoms with van der Waals surface area (Å²) in [7, 11) is 0. The van der Waals surface area contributed by atoms with E-state index >= 15 is 0 Å². The number of aromatic nitrogens is 2. The lowest BCUT2D eigenvalue weighted by molar-refractivity contribution is -0.137. The highest BCUT2D eigenvalue weighted by molar-refractivity contribution is 9.10. The lowest BCUT2D eigenvalue weighted by Crippen LogP contribution is -2.10. The number of benzene rings is 8. The Morgan fingerprint density at radius 2 is 0.949 bits per heavy atom. The molecule has 0 saturated carbocycles. The second kappa shape index (κ2) is 13.1. The molecular formula is C53H42BrF3N2. The van der Waals surface area contributed by atoms with E-state index in [1.54, 1.807) is 6.07 Å². The molecule has 0 radical (unpaired) electrons. The van der Waals surface area contributed by atoms with Crippen LogP contribution >= 0.6 is 15.9 Å². The third-order valence-electron chi connectivity index (χ3n) is 12.1. The Labute approximate surface area is 349 Å². The van der Waals surface area contributed by atoms with E-state index in [0.29, 0.717) is 11.1 Å². The Hall–Kier alpha value is -5.85. The average molecular weight is 844 g/mol. The van der Waals surface area contributed by atoms with Crippen molar-refractivity contribution in [1.82, 2.24) is 9.13 Å². The minimum Gasteiger partial charge on any atom is -0.308 e. The van der Waals surface area contributed by atoms with Gasteiger partial charge in [0.15, 0.2) is 0 Å². The molecule has 0 unspecified atom stereocenters. The van der Waals surface area contributed by atoms with Gasteiger partial charge in [-0.15, -0.1) is 0 Å². The number of halogens is 4. The molecule has 6 heteroatoms. The smallest absolute Gasteiger partial charge is 0.308 e. The van der Waals surface area contributed by atoms with Crippen LogP contribution in [0.4, 0.5) is 13.2 Å². The zero-order valence-electron chi connectivity index (χ0n) is 33.8. The molecule has 59 heavy (non-hydrogen) atoms. The molecule has 0 saturated heterocycles. The van der Waals surface area contributed by atoms with Gasteiger partial charge < -0.3 is 9.13 Å². The van der Waals surface area contributed by atoms with E-state index in [2.05, 4.69) is 176 Å². The first-order chi connectivity index (χ1) is 28.1. The summed E-state index contributed by atoms with van der Waals surface area (Å²) < 4.78 is 48.4. The maximum absolute atomic E-state index is 14.3. The Kier molecular flexibility index (Phi) is 8.29. The van der Waals surface area contributed by atoms with E-state index in [-0.39, 0.29) is 10.8 Å². The first kappa shape index (κ1) is 37.4. The minimum absolute atomic E-state index is 0.0771. The standard InChI is InChI=1S/C53H42BrF3N2/c1-51(2,3)36-19-22-43-40(29-36)41-30-37(52(4,5)6)20-23-44(41)58(43)47-27-35(32-15-11-16-38(24-32)53(55,56)57)28-48(50(47)54)59-45-21-18-31-12-9-10-17-39(31)49(45)42-25-33-13-7-8-14-34(33)26-46(42)59/h7-30H,1-6H3. The number of alkyl halides is 3. The van der Waals surface area contributed by atoms with Crippen LogP contribution in [-0.2, 0) is 17.0 Å². The second-order valence-electron chi connectivity index (χ2n) is 17.9. The van der Waals surface area contributed by atoms with Crippen molar-refractivity contribution < 1.29 is 13.2 Å². The Bertz CT molecular complexity index is 3280. The lowest BCUT2D eigenvalue weighted by Gasteiger charge is -2.21. The van der Waals surface area contributed by atoms with E-state index in [1.807, 2.05) is 12.1 Å². The first-order valence-corrected chi connectivity index (χ1v) is 20.8. The minimum atomic E-state index is -4.49. The van der Waals surface area contributed by atoms with Gasteiger partial charge in [0.25, 0.3) is 0 Å². The van der Waals surface area contributed by atoms with Crippen molar-refractivity contribution in [2.45, 2.75) is 58.5 Å². The molecule has 0 aliphatic rings. The number of rotatable bonds is 3. The molecule has 0 spiro atoms. The molecule has 10 aromatic rings. The van der Waals surface area contributed by atoms with Crippen LogP contribution in [0.25, 0.3) is 87.7 Å². The predicted molar refractivity (Wildman–Crippen MR) is 246 cm³/mol. The van der Waals surface area contributed by atoms with Crippen LogP contribution in [0.1, 0.15) is 58.2 Å². The highest BCUT2D eigenvalue weighted by Gasteiger charge is 2.31. The number of fused-ring (bicyclic) bond motifs is 9. The van der Waals surface area contributed by atoms with Crippen molar-refractivity contribution in [2.75, 3.05) is 0 Å². The molecule has 10 rings (SSSR count). The van der Waals surface area contributed by atoms with Crippen molar-refractivity contribution in [3.8, 4) is 22.5 Å². The summed E-state index contributed by atoms with van der Waals surface area (Å²) in [5.74, 6) is 0. The SMILES string of the molecule is CC(C)(C)c1ccc2c(c1)c1cc(C(C)(C)C)ccc1n2-c1cc(-c2cccc(C(F)(F)F)c2)cc(-n2c3cc4ccccc4cc3c3c4ccccc4ccc32)c1Br. The van der Waals surface area contributed by atoms with Crippen molar-refractivity contribution in [3.63, 3.8) is 0 Å². The molecule has 292 valence electrons. The van der Waals surface area contributed by atoms with Gasteiger partial charge >= 0.3 is 6.18 Å². The van der Waals surface area contributed by atoms with Crippen molar-refractivity contribution in [1.29, 1.82) is 0 Å². The molecule has 2 aromatic heterocycles. The van der Waals surface area contributed by atoms with Crippen LogP contribution in [0, 0.1) is 0 Å². The fraction of sp³-hybridized carbons (Fsp3) is 0.170. The predicted octanol–water partition coefficient (Wildman–Crippen LogP) is 16.2. The van der Waals surface area contributed by atoms with Crippen molar-refractivity contribution in [2.24, 2.45) is 0 Å². The number of nitrogens with zero attached hydrogens (tertiary/aromatic N) is 2. The van der Waals surface area contributed by atoms with Gasteiger partial charge in [-0.3, -0.25) is 0 Å². The van der Waals surface area contributed by atoms with Gasteiger partial charge in [0.1, 0.15) is 0 Å². The maximum atomic E-state index is 14.3. The fourth-order valence-corrected chi connectivity index (χ4v) is 9.49. The zero-order chi connectivity index (χ0) is 41.2. The van der Waals surface area contributed by atoms with E-state index in [0.717, 1.165) is 87.1 Å². The van der Waals surface area contributed by atoms with Gasteiger partial charge in [-0.1, -0.05) is 120 Å². The largest absolute Gasteiger partial charge is 0.416 e. The number of hydrogen-bond donors (Lipinski definition) is 0. The quantitative estimate of drug-likeness (QED) is 0.168. The van der Waals surface area contributed by atoms with Crippen LogP contribution in [0.2, 0.25) is 0 Å². The second-order valence-corrected chi connectivity index (χ2v) is 18.7. The fourth-order valence-electron chi connectivity index (χ4n) is 8.91. The molecule has 0 aliphatic heterocycles.